The average molecular weight is 238 g/mol. The molecule has 0 bridgehead atoms. The SMILES string of the molecule is CCCN1CCC(NC(C)C2CCCC2)CC1. The lowest BCUT2D eigenvalue weighted by Crippen LogP contribution is -2.47. The van der Waals surface area contributed by atoms with Gasteiger partial charge in [-0.05, 0) is 64.6 Å². The van der Waals surface area contributed by atoms with Crippen LogP contribution in [0.15, 0.2) is 0 Å². The Bertz CT molecular complexity index is 203. The predicted molar refractivity (Wildman–Crippen MR) is 74.3 cm³/mol. The normalized spacial score (nSPS) is 26.5. The summed E-state index contributed by atoms with van der Waals surface area (Å²) in [4.78, 5) is 2.62. The van der Waals surface area contributed by atoms with Crippen molar-refractivity contribution in [2.75, 3.05) is 19.6 Å². The Labute approximate surface area is 107 Å². The Morgan fingerprint density at radius 2 is 1.76 bits per heavy atom. The molecule has 0 aromatic heterocycles. The lowest BCUT2D eigenvalue weighted by molar-refractivity contribution is 0.184. The van der Waals surface area contributed by atoms with Gasteiger partial charge in [-0.2, -0.15) is 0 Å². The van der Waals surface area contributed by atoms with E-state index in [4.69, 9.17) is 0 Å². The van der Waals surface area contributed by atoms with Crippen LogP contribution in [-0.2, 0) is 0 Å². The van der Waals surface area contributed by atoms with Crippen molar-refractivity contribution >= 4 is 0 Å². The summed E-state index contributed by atoms with van der Waals surface area (Å²) in [5.41, 5.74) is 0. The van der Waals surface area contributed by atoms with Crippen LogP contribution in [0.5, 0.6) is 0 Å². The molecule has 1 N–H and O–H groups in total. The summed E-state index contributed by atoms with van der Waals surface area (Å²) in [6.07, 6.45) is 9.87. The lowest BCUT2D eigenvalue weighted by atomic mass is 9.96. The van der Waals surface area contributed by atoms with E-state index in [9.17, 15) is 0 Å². The Hall–Kier alpha value is -0.0800. The fraction of sp³-hybridized carbons (Fsp3) is 1.00. The Morgan fingerprint density at radius 3 is 2.35 bits per heavy atom. The van der Waals surface area contributed by atoms with E-state index in [2.05, 4.69) is 24.1 Å². The Balaban J connectivity index is 1.66. The van der Waals surface area contributed by atoms with Crippen molar-refractivity contribution in [3.05, 3.63) is 0 Å². The number of hydrogen-bond acceptors (Lipinski definition) is 2. The highest BCUT2D eigenvalue weighted by Crippen LogP contribution is 2.28. The maximum atomic E-state index is 3.90. The van der Waals surface area contributed by atoms with E-state index in [1.54, 1.807) is 0 Å². The van der Waals surface area contributed by atoms with E-state index in [0.717, 1.165) is 18.0 Å². The molecule has 0 radical (unpaired) electrons. The van der Waals surface area contributed by atoms with Crippen LogP contribution in [0, 0.1) is 5.92 Å². The molecule has 0 amide bonds. The molecule has 2 heteroatoms. The third kappa shape index (κ3) is 3.96. The highest BCUT2D eigenvalue weighted by molar-refractivity contribution is 4.83. The van der Waals surface area contributed by atoms with Crippen LogP contribution in [0.4, 0.5) is 0 Å². The predicted octanol–water partition coefficient (Wildman–Crippen LogP) is 3.03. The zero-order chi connectivity index (χ0) is 12.1. The largest absolute Gasteiger partial charge is 0.311 e. The zero-order valence-corrected chi connectivity index (χ0v) is 11.8. The first kappa shape index (κ1) is 13.4. The van der Waals surface area contributed by atoms with Gasteiger partial charge >= 0.3 is 0 Å². The van der Waals surface area contributed by atoms with Crippen molar-refractivity contribution in [3.63, 3.8) is 0 Å². The molecule has 2 nitrogen and oxygen atoms in total. The first-order valence-corrected chi connectivity index (χ1v) is 7.78. The minimum Gasteiger partial charge on any atom is -0.311 e. The fourth-order valence-electron chi connectivity index (χ4n) is 3.60. The Morgan fingerprint density at radius 1 is 1.12 bits per heavy atom. The molecule has 1 atom stereocenters. The average Bonchev–Trinajstić information content (AvgIpc) is 2.86. The van der Waals surface area contributed by atoms with Gasteiger partial charge in [-0.15, -0.1) is 0 Å². The van der Waals surface area contributed by atoms with E-state index in [1.165, 1.54) is 64.6 Å². The van der Waals surface area contributed by atoms with Gasteiger partial charge in [-0.25, -0.2) is 0 Å². The van der Waals surface area contributed by atoms with Crippen molar-refractivity contribution in [1.82, 2.24) is 10.2 Å². The number of nitrogens with zero attached hydrogens (tertiary/aromatic N) is 1. The third-order valence-electron chi connectivity index (χ3n) is 4.73. The molecule has 1 saturated carbocycles. The van der Waals surface area contributed by atoms with Crippen LogP contribution in [-0.4, -0.2) is 36.6 Å². The molecule has 0 aromatic rings. The molecule has 100 valence electrons. The summed E-state index contributed by atoms with van der Waals surface area (Å²) < 4.78 is 0. The van der Waals surface area contributed by atoms with Gasteiger partial charge < -0.3 is 10.2 Å². The van der Waals surface area contributed by atoms with Gasteiger partial charge in [0.25, 0.3) is 0 Å². The second kappa shape index (κ2) is 6.75. The molecule has 1 aliphatic heterocycles. The van der Waals surface area contributed by atoms with Crippen molar-refractivity contribution in [2.24, 2.45) is 5.92 Å². The molecule has 2 fully saturated rings. The number of hydrogen-bond donors (Lipinski definition) is 1. The van der Waals surface area contributed by atoms with Crippen LogP contribution < -0.4 is 5.32 Å². The van der Waals surface area contributed by atoms with Gasteiger partial charge in [0.2, 0.25) is 0 Å². The van der Waals surface area contributed by atoms with Crippen LogP contribution in [0.2, 0.25) is 0 Å². The zero-order valence-electron chi connectivity index (χ0n) is 11.8. The van der Waals surface area contributed by atoms with Crippen LogP contribution in [0.1, 0.15) is 58.8 Å². The van der Waals surface area contributed by atoms with Gasteiger partial charge in [0.15, 0.2) is 0 Å². The van der Waals surface area contributed by atoms with E-state index in [-0.39, 0.29) is 0 Å². The van der Waals surface area contributed by atoms with Gasteiger partial charge in [0.1, 0.15) is 0 Å². The summed E-state index contributed by atoms with van der Waals surface area (Å²) >= 11 is 0. The third-order valence-corrected chi connectivity index (χ3v) is 4.73. The molecule has 1 saturated heterocycles. The molecule has 1 unspecified atom stereocenters. The summed E-state index contributed by atoms with van der Waals surface area (Å²) in [5, 5.41) is 3.90. The molecule has 2 rings (SSSR count). The van der Waals surface area contributed by atoms with Crippen molar-refractivity contribution < 1.29 is 0 Å². The monoisotopic (exact) mass is 238 g/mol. The number of rotatable bonds is 5. The van der Waals surface area contributed by atoms with Crippen LogP contribution >= 0.6 is 0 Å². The van der Waals surface area contributed by atoms with E-state index < -0.39 is 0 Å². The van der Waals surface area contributed by atoms with E-state index in [0.29, 0.717) is 0 Å². The van der Waals surface area contributed by atoms with Crippen molar-refractivity contribution in [3.8, 4) is 0 Å². The smallest absolute Gasteiger partial charge is 0.00940 e. The lowest BCUT2D eigenvalue weighted by Gasteiger charge is -2.35. The topological polar surface area (TPSA) is 15.3 Å². The fourth-order valence-corrected chi connectivity index (χ4v) is 3.60. The van der Waals surface area contributed by atoms with Crippen LogP contribution in [0.25, 0.3) is 0 Å². The molecule has 17 heavy (non-hydrogen) atoms. The minimum absolute atomic E-state index is 0.750. The molecule has 1 heterocycles. The second-order valence-corrected chi connectivity index (χ2v) is 6.12. The molecular formula is C15H30N2. The second-order valence-electron chi connectivity index (χ2n) is 6.12. The maximum absolute atomic E-state index is 3.90. The molecule has 2 aliphatic rings. The summed E-state index contributed by atoms with van der Waals surface area (Å²) in [7, 11) is 0. The molecular weight excluding hydrogens is 208 g/mol. The number of likely N-dealkylation sites (tertiary alicyclic amines) is 1. The van der Waals surface area contributed by atoms with Crippen LogP contribution in [0.3, 0.4) is 0 Å². The van der Waals surface area contributed by atoms with Crippen molar-refractivity contribution in [2.45, 2.75) is 70.9 Å². The maximum Gasteiger partial charge on any atom is 0.00940 e. The van der Waals surface area contributed by atoms with Gasteiger partial charge in [0, 0.05) is 12.1 Å². The van der Waals surface area contributed by atoms with E-state index in [1.807, 2.05) is 0 Å². The quantitative estimate of drug-likeness (QED) is 0.792. The number of nitrogens with one attached hydrogen (secondary N) is 1. The standard InChI is InChI=1S/C15H30N2/c1-3-10-17-11-8-15(9-12-17)16-13(2)14-6-4-5-7-14/h13-16H,3-12H2,1-2H3. The van der Waals surface area contributed by atoms with Gasteiger partial charge in [0.05, 0.1) is 0 Å². The van der Waals surface area contributed by atoms with Gasteiger partial charge in [-0.3, -0.25) is 0 Å². The van der Waals surface area contributed by atoms with Gasteiger partial charge in [-0.1, -0.05) is 19.8 Å². The minimum atomic E-state index is 0.750. The first-order valence-electron chi connectivity index (χ1n) is 7.78. The molecule has 1 aliphatic carbocycles. The van der Waals surface area contributed by atoms with Crippen molar-refractivity contribution in [1.29, 1.82) is 0 Å². The summed E-state index contributed by atoms with van der Waals surface area (Å²) in [6.45, 7) is 8.61. The van der Waals surface area contributed by atoms with E-state index >= 15 is 0 Å². The first-order chi connectivity index (χ1) is 8.29. The summed E-state index contributed by atoms with van der Waals surface area (Å²) in [6, 6.07) is 1.54. The molecule has 0 aromatic carbocycles. The number of piperidine rings is 1. The summed E-state index contributed by atoms with van der Waals surface area (Å²) in [5.74, 6) is 0.962. The highest BCUT2D eigenvalue weighted by Gasteiger charge is 2.25. The Kier molecular flexibility index (Phi) is 5.30. The highest BCUT2D eigenvalue weighted by atomic mass is 15.1. The molecule has 0 spiro atoms.